The maximum atomic E-state index is 10.4. The van der Waals surface area contributed by atoms with Gasteiger partial charge in [-0.3, -0.25) is 4.79 Å². The van der Waals surface area contributed by atoms with Crippen LogP contribution in [0.3, 0.4) is 0 Å². The number of carbonyl (C=O) groups is 1. The molecule has 0 saturated carbocycles. The smallest absolute Gasteiger partial charge is 0.305 e. The number of nitriles is 1. The van der Waals surface area contributed by atoms with E-state index in [0.717, 1.165) is 0 Å². The third-order valence-corrected chi connectivity index (χ3v) is 1.96. The van der Waals surface area contributed by atoms with Crippen molar-refractivity contribution >= 4 is 11.7 Å². The number of pyridine rings is 1. The maximum absolute atomic E-state index is 10.4. The monoisotopic (exact) mass is 205 g/mol. The van der Waals surface area contributed by atoms with Gasteiger partial charge in [-0.25, -0.2) is 4.98 Å². The molecule has 0 amide bonds. The summed E-state index contributed by atoms with van der Waals surface area (Å²) < 4.78 is 0. The highest BCUT2D eigenvalue weighted by Crippen LogP contribution is 2.15. The van der Waals surface area contributed by atoms with Crippen molar-refractivity contribution in [1.29, 1.82) is 5.26 Å². The lowest BCUT2D eigenvalue weighted by Crippen LogP contribution is -2.22. The molecule has 0 atom stereocenters. The number of anilines is 1. The SMILES string of the molecule is CN(CCC(=O)O)c1cccnc1C#N. The molecule has 15 heavy (non-hydrogen) atoms. The zero-order chi connectivity index (χ0) is 11.3. The Hall–Kier alpha value is -2.09. The van der Waals surface area contributed by atoms with Crippen LogP contribution in [0.15, 0.2) is 18.3 Å². The molecule has 1 aromatic rings. The number of aliphatic carboxylic acids is 1. The largest absolute Gasteiger partial charge is 0.481 e. The van der Waals surface area contributed by atoms with Gasteiger partial charge in [0.1, 0.15) is 6.07 Å². The van der Waals surface area contributed by atoms with E-state index in [-0.39, 0.29) is 6.42 Å². The molecule has 1 rings (SSSR count). The number of hydrogen-bond acceptors (Lipinski definition) is 4. The van der Waals surface area contributed by atoms with E-state index in [2.05, 4.69) is 4.98 Å². The van der Waals surface area contributed by atoms with Gasteiger partial charge < -0.3 is 10.0 Å². The lowest BCUT2D eigenvalue weighted by molar-refractivity contribution is -0.136. The van der Waals surface area contributed by atoms with Crippen molar-refractivity contribution in [3.63, 3.8) is 0 Å². The highest BCUT2D eigenvalue weighted by Gasteiger charge is 2.08. The Kier molecular flexibility index (Phi) is 3.63. The molecule has 5 heteroatoms. The number of aromatic nitrogens is 1. The second kappa shape index (κ2) is 4.96. The molecule has 0 fully saturated rings. The summed E-state index contributed by atoms with van der Waals surface area (Å²) in [6.45, 7) is 0.357. The summed E-state index contributed by atoms with van der Waals surface area (Å²) in [7, 11) is 1.74. The molecule has 0 bridgehead atoms. The van der Waals surface area contributed by atoms with Gasteiger partial charge in [-0.15, -0.1) is 0 Å². The molecular weight excluding hydrogens is 194 g/mol. The van der Waals surface area contributed by atoms with Gasteiger partial charge in [0.2, 0.25) is 0 Å². The van der Waals surface area contributed by atoms with Gasteiger partial charge in [-0.2, -0.15) is 5.26 Å². The lowest BCUT2D eigenvalue weighted by Gasteiger charge is -2.18. The van der Waals surface area contributed by atoms with Gasteiger partial charge in [0.25, 0.3) is 0 Å². The second-order valence-electron chi connectivity index (χ2n) is 3.05. The minimum Gasteiger partial charge on any atom is -0.481 e. The maximum Gasteiger partial charge on any atom is 0.305 e. The van der Waals surface area contributed by atoms with E-state index >= 15 is 0 Å². The molecule has 0 unspecified atom stereocenters. The topological polar surface area (TPSA) is 77.2 Å². The van der Waals surface area contributed by atoms with Crippen LogP contribution < -0.4 is 4.90 Å². The van der Waals surface area contributed by atoms with E-state index in [0.29, 0.717) is 17.9 Å². The van der Waals surface area contributed by atoms with E-state index in [4.69, 9.17) is 10.4 Å². The molecule has 0 aliphatic carbocycles. The van der Waals surface area contributed by atoms with Gasteiger partial charge in [-0.05, 0) is 12.1 Å². The quantitative estimate of drug-likeness (QED) is 0.788. The van der Waals surface area contributed by atoms with Crippen molar-refractivity contribution in [3.05, 3.63) is 24.0 Å². The Morgan fingerprint density at radius 2 is 2.47 bits per heavy atom. The average Bonchev–Trinajstić information content (AvgIpc) is 2.25. The molecule has 0 spiro atoms. The molecule has 0 radical (unpaired) electrons. The Balaban J connectivity index is 2.77. The number of hydrogen-bond donors (Lipinski definition) is 1. The number of carboxylic acids is 1. The van der Waals surface area contributed by atoms with E-state index in [1.54, 1.807) is 24.1 Å². The van der Waals surface area contributed by atoms with Gasteiger partial charge in [0.15, 0.2) is 5.69 Å². The molecule has 1 heterocycles. The van der Waals surface area contributed by atoms with Crippen molar-refractivity contribution in [2.75, 3.05) is 18.5 Å². The van der Waals surface area contributed by atoms with Crippen LogP contribution in [0.1, 0.15) is 12.1 Å². The zero-order valence-electron chi connectivity index (χ0n) is 8.34. The van der Waals surface area contributed by atoms with Crippen LogP contribution in [0, 0.1) is 11.3 Å². The molecule has 0 aliphatic rings. The minimum absolute atomic E-state index is 0.0380. The summed E-state index contributed by atoms with van der Waals surface area (Å²) in [5.74, 6) is -0.857. The molecule has 0 aromatic carbocycles. The molecule has 1 aromatic heterocycles. The number of rotatable bonds is 4. The van der Waals surface area contributed by atoms with Crippen molar-refractivity contribution in [2.24, 2.45) is 0 Å². The van der Waals surface area contributed by atoms with E-state index < -0.39 is 5.97 Å². The van der Waals surface area contributed by atoms with E-state index in [1.807, 2.05) is 6.07 Å². The second-order valence-corrected chi connectivity index (χ2v) is 3.05. The average molecular weight is 205 g/mol. The Morgan fingerprint density at radius 1 is 1.73 bits per heavy atom. The molecule has 1 N–H and O–H groups in total. The van der Waals surface area contributed by atoms with Crippen LogP contribution in [0.4, 0.5) is 5.69 Å². The van der Waals surface area contributed by atoms with Crippen molar-refractivity contribution < 1.29 is 9.90 Å². The molecular formula is C10H11N3O2. The van der Waals surface area contributed by atoms with Crippen LogP contribution in [0.2, 0.25) is 0 Å². The first-order valence-corrected chi connectivity index (χ1v) is 4.43. The fourth-order valence-corrected chi connectivity index (χ4v) is 1.17. The Morgan fingerprint density at radius 3 is 3.07 bits per heavy atom. The predicted molar refractivity (Wildman–Crippen MR) is 54.5 cm³/mol. The standard InChI is InChI=1S/C10H11N3O2/c1-13(6-4-10(14)15)9-3-2-5-12-8(9)7-11/h2-3,5H,4,6H2,1H3,(H,14,15). The molecule has 5 nitrogen and oxygen atoms in total. The minimum atomic E-state index is -0.857. The van der Waals surface area contributed by atoms with Crippen LogP contribution >= 0.6 is 0 Å². The summed E-state index contributed by atoms with van der Waals surface area (Å²) in [6, 6.07) is 5.42. The normalized spacial score (nSPS) is 9.33. The van der Waals surface area contributed by atoms with Crippen molar-refractivity contribution in [1.82, 2.24) is 4.98 Å². The summed E-state index contributed by atoms with van der Waals surface area (Å²) in [5.41, 5.74) is 0.964. The number of nitrogens with zero attached hydrogens (tertiary/aromatic N) is 3. The molecule has 0 aliphatic heterocycles. The van der Waals surface area contributed by atoms with E-state index in [9.17, 15) is 4.79 Å². The number of carboxylic acid groups (broad SMARTS) is 1. The van der Waals surface area contributed by atoms with Crippen molar-refractivity contribution in [3.8, 4) is 6.07 Å². The third kappa shape index (κ3) is 2.95. The van der Waals surface area contributed by atoms with Crippen LogP contribution in [-0.2, 0) is 4.79 Å². The van der Waals surface area contributed by atoms with Crippen LogP contribution in [-0.4, -0.2) is 29.7 Å². The van der Waals surface area contributed by atoms with Crippen LogP contribution in [0.5, 0.6) is 0 Å². The lowest BCUT2D eigenvalue weighted by atomic mass is 10.2. The van der Waals surface area contributed by atoms with Gasteiger partial charge in [-0.1, -0.05) is 0 Å². The van der Waals surface area contributed by atoms with Crippen molar-refractivity contribution in [2.45, 2.75) is 6.42 Å². The fraction of sp³-hybridized carbons (Fsp3) is 0.300. The molecule has 78 valence electrons. The first kappa shape index (κ1) is 11.0. The summed E-state index contributed by atoms with van der Waals surface area (Å²) >= 11 is 0. The first-order valence-electron chi connectivity index (χ1n) is 4.43. The summed E-state index contributed by atoms with van der Waals surface area (Å²) in [4.78, 5) is 16.0. The highest BCUT2D eigenvalue weighted by molar-refractivity contribution is 5.68. The zero-order valence-corrected chi connectivity index (χ0v) is 8.34. The van der Waals surface area contributed by atoms with Crippen LogP contribution in [0.25, 0.3) is 0 Å². The van der Waals surface area contributed by atoms with Gasteiger partial charge in [0.05, 0.1) is 12.1 Å². The van der Waals surface area contributed by atoms with Gasteiger partial charge in [0, 0.05) is 19.8 Å². The highest BCUT2D eigenvalue weighted by atomic mass is 16.4. The summed E-state index contributed by atoms with van der Waals surface area (Å²) in [6.07, 6.45) is 1.57. The van der Waals surface area contributed by atoms with E-state index in [1.165, 1.54) is 6.20 Å². The Bertz CT molecular complexity index is 398. The third-order valence-electron chi connectivity index (χ3n) is 1.96. The molecule has 0 saturated heterocycles. The summed E-state index contributed by atoms with van der Waals surface area (Å²) in [5, 5.41) is 17.3. The predicted octanol–water partition coefficient (Wildman–Crippen LogP) is 0.864. The fourth-order valence-electron chi connectivity index (χ4n) is 1.17. The van der Waals surface area contributed by atoms with Gasteiger partial charge >= 0.3 is 5.97 Å². The first-order chi connectivity index (χ1) is 7.15. The Labute approximate surface area is 87.6 Å².